The Morgan fingerprint density at radius 3 is 2.72 bits per heavy atom. The Hall–Kier alpha value is -3.03. The molecule has 1 amide bonds. The molecule has 0 radical (unpaired) electrons. The molecule has 2 heterocycles. The second-order valence-electron chi connectivity index (χ2n) is 5.90. The van der Waals surface area contributed by atoms with Gasteiger partial charge < -0.3 is 14.4 Å². The van der Waals surface area contributed by atoms with Crippen molar-refractivity contribution in [3.63, 3.8) is 0 Å². The molecule has 0 N–H and O–H groups in total. The van der Waals surface area contributed by atoms with E-state index < -0.39 is 11.2 Å². The summed E-state index contributed by atoms with van der Waals surface area (Å²) in [7, 11) is 3.01. The number of hydrogen-bond acceptors (Lipinski definition) is 5. The van der Waals surface area contributed by atoms with Crippen LogP contribution >= 0.6 is 0 Å². The maximum Gasteiger partial charge on any atom is 0.331 e. The molecule has 1 aliphatic heterocycles. The number of amides is 1. The molecule has 1 aromatic heterocycles. The number of hydrogen-bond donors (Lipinski definition) is 0. The summed E-state index contributed by atoms with van der Waals surface area (Å²) in [6.07, 6.45) is 1.04. The van der Waals surface area contributed by atoms with Crippen molar-refractivity contribution in [2.45, 2.75) is 12.6 Å². The Morgan fingerprint density at radius 2 is 1.96 bits per heavy atom. The van der Waals surface area contributed by atoms with Crippen molar-refractivity contribution in [1.82, 2.24) is 14.0 Å². The lowest BCUT2D eigenvalue weighted by Crippen LogP contribution is -2.44. The number of carbonyl (C=O) groups is 1. The fourth-order valence-electron chi connectivity index (χ4n) is 2.56. The molecule has 1 aliphatic rings. The van der Waals surface area contributed by atoms with Crippen molar-refractivity contribution < 1.29 is 14.3 Å². The Kier molecular flexibility index (Phi) is 4.60. The lowest BCUT2D eigenvalue weighted by molar-refractivity contribution is -0.132. The molecule has 0 spiro atoms. The molecule has 0 saturated heterocycles. The van der Waals surface area contributed by atoms with Gasteiger partial charge in [-0.2, -0.15) is 0 Å². The van der Waals surface area contributed by atoms with Gasteiger partial charge in [-0.15, -0.1) is 0 Å². The first-order valence-electron chi connectivity index (χ1n) is 7.84. The molecule has 0 bridgehead atoms. The van der Waals surface area contributed by atoms with Crippen molar-refractivity contribution in [1.29, 1.82) is 0 Å². The summed E-state index contributed by atoms with van der Waals surface area (Å²) in [5.74, 6) is 1.07. The summed E-state index contributed by atoms with van der Waals surface area (Å²) >= 11 is 0. The van der Waals surface area contributed by atoms with Gasteiger partial charge in [0, 0.05) is 26.4 Å². The van der Waals surface area contributed by atoms with E-state index in [1.807, 2.05) is 24.3 Å². The summed E-state index contributed by atoms with van der Waals surface area (Å²) < 4.78 is 13.6. The van der Waals surface area contributed by atoms with Crippen LogP contribution in [0.4, 0.5) is 0 Å². The van der Waals surface area contributed by atoms with Crippen LogP contribution in [0, 0.1) is 0 Å². The maximum atomic E-state index is 12.4. The zero-order chi connectivity index (χ0) is 18.0. The van der Waals surface area contributed by atoms with Gasteiger partial charge in [0.1, 0.15) is 13.2 Å². The molecule has 0 unspecified atom stereocenters. The maximum absolute atomic E-state index is 12.4. The Balaban J connectivity index is 1.63. The number of benzene rings is 1. The second kappa shape index (κ2) is 6.84. The predicted octanol–water partition coefficient (Wildman–Crippen LogP) is -0.155. The third kappa shape index (κ3) is 3.57. The number of carbonyl (C=O) groups excluding carboxylic acids is 1. The fraction of sp³-hybridized carbons (Fsp3) is 0.353. The summed E-state index contributed by atoms with van der Waals surface area (Å²) in [6.45, 7) is 0.524. The van der Waals surface area contributed by atoms with Gasteiger partial charge >= 0.3 is 5.69 Å². The van der Waals surface area contributed by atoms with Crippen LogP contribution in [0.1, 0.15) is 0 Å². The zero-order valence-electron chi connectivity index (χ0n) is 14.0. The van der Waals surface area contributed by atoms with Gasteiger partial charge in [-0.1, -0.05) is 12.1 Å². The highest BCUT2D eigenvalue weighted by atomic mass is 16.6. The predicted molar refractivity (Wildman–Crippen MR) is 89.9 cm³/mol. The van der Waals surface area contributed by atoms with Gasteiger partial charge in [0.25, 0.3) is 5.56 Å². The lowest BCUT2D eigenvalue weighted by Gasteiger charge is -2.29. The quantitative estimate of drug-likeness (QED) is 0.769. The highest BCUT2D eigenvalue weighted by molar-refractivity contribution is 5.75. The van der Waals surface area contributed by atoms with Crippen LogP contribution in [0.25, 0.3) is 0 Å². The molecule has 3 rings (SSSR count). The topological polar surface area (TPSA) is 82.8 Å². The highest BCUT2D eigenvalue weighted by Crippen LogP contribution is 2.30. The van der Waals surface area contributed by atoms with Crippen molar-refractivity contribution in [3.05, 3.63) is 57.4 Å². The monoisotopic (exact) mass is 345 g/mol. The highest BCUT2D eigenvalue weighted by Gasteiger charge is 2.23. The Labute approximate surface area is 143 Å². The van der Waals surface area contributed by atoms with Crippen LogP contribution in [0.15, 0.2) is 46.1 Å². The van der Waals surface area contributed by atoms with Gasteiger partial charge in [0.2, 0.25) is 5.91 Å². The normalized spacial score (nSPS) is 15.7. The Morgan fingerprint density at radius 1 is 1.24 bits per heavy atom. The largest absolute Gasteiger partial charge is 0.486 e. The number of rotatable bonds is 4. The van der Waals surface area contributed by atoms with Crippen LogP contribution in [0.5, 0.6) is 11.5 Å². The molecule has 8 nitrogen and oxygen atoms in total. The van der Waals surface area contributed by atoms with Gasteiger partial charge in [-0.3, -0.25) is 18.7 Å². The van der Waals surface area contributed by atoms with Crippen LogP contribution in [0.2, 0.25) is 0 Å². The zero-order valence-corrected chi connectivity index (χ0v) is 14.0. The average Bonchev–Trinajstić information content (AvgIpc) is 2.62. The summed E-state index contributed by atoms with van der Waals surface area (Å²) in [5, 5.41) is 0. The molecule has 25 heavy (non-hydrogen) atoms. The molecular formula is C17H19N3O5. The van der Waals surface area contributed by atoms with Gasteiger partial charge in [0.05, 0.1) is 6.54 Å². The van der Waals surface area contributed by atoms with Crippen LogP contribution in [0.3, 0.4) is 0 Å². The first-order chi connectivity index (χ1) is 12.0. The van der Waals surface area contributed by atoms with Crippen molar-refractivity contribution in [2.24, 2.45) is 7.05 Å². The van der Waals surface area contributed by atoms with Gasteiger partial charge in [-0.25, -0.2) is 4.79 Å². The van der Waals surface area contributed by atoms with E-state index in [1.54, 1.807) is 7.05 Å². The van der Waals surface area contributed by atoms with E-state index >= 15 is 0 Å². The molecule has 0 saturated carbocycles. The smallest absolute Gasteiger partial charge is 0.331 e. The minimum atomic E-state index is -0.527. The van der Waals surface area contributed by atoms with Crippen molar-refractivity contribution in [3.8, 4) is 11.5 Å². The number of fused-ring (bicyclic) bond motifs is 1. The van der Waals surface area contributed by atoms with E-state index in [0.29, 0.717) is 24.7 Å². The SMILES string of the molecule is CN(C[C@@H]1COc2ccccc2O1)C(=O)Cn1ccc(=O)n(C)c1=O. The molecule has 132 valence electrons. The third-order valence-electron chi connectivity index (χ3n) is 4.04. The van der Waals surface area contributed by atoms with E-state index in [2.05, 4.69) is 0 Å². The molecule has 0 aliphatic carbocycles. The molecule has 0 fully saturated rings. The van der Waals surface area contributed by atoms with Crippen LogP contribution < -0.4 is 20.7 Å². The number of nitrogens with zero attached hydrogens (tertiary/aromatic N) is 3. The summed E-state index contributed by atoms with van der Waals surface area (Å²) in [4.78, 5) is 37.2. The minimum absolute atomic E-state index is 0.145. The van der Waals surface area contributed by atoms with Crippen LogP contribution in [-0.2, 0) is 18.4 Å². The Bertz CT molecular complexity index is 902. The van der Waals surface area contributed by atoms with Crippen molar-refractivity contribution >= 4 is 5.91 Å². The standard InChI is InChI=1S/C17H19N3O5/c1-18(9-12-11-24-13-5-3-4-6-14(13)25-12)16(22)10-20-8-7-15(21)19(2)17(20)23/h3-8,12H,9-11H2,1-2H3/t12-/m1/s1. The lowest BCUT2D eigenvalue weighted by atomic mass is 10.2. The third-order valence-corrected chi connectivity index (χ3v) is 4.04. The molecule has 1 aromatic carbocycles. The summed E-state index contributed by atoms with van der Waals surface area (Å²) in [6, 6.07) is 8.61. The number of aromatic nitrogens is 2. The van der Waals surface area contributed by atoms with E-state index in [4.69, 9.17) is 9.47 Å². The molecule has 8 heteroatoms. The molecule has 2 aromatic rings. The van der Waals surface area contributed by atoms with Crippen LogP contribution in [-0.4, -0.2) is 46.2 Å². The molecule has 1 atom stereocenters. The number of ether oxygens (including phenoxy) is 2. The van der Waals surface area contributed by atoms with E-state index in [-0.39, 0.29) is 18.6 Å². The van der Waals surface area contributed by atoms with E-state index in [1.165, 1.54) is 28.8 Å². The van der Waals surface area contributed by atoms with Crippen molar-refractivity contribution in [2.75, 3.05) is 20.2 Å². The van der Waals surface area contributed by atoms with Gasteiger partial charge in [0.15, 0.2) is 17.6 Å². The second-order valence-corrected chi connectivity index (χ2v) is 5.90. The summed E-state index contributed by atoms with van der Waals surface area (Å²) in [5.41, 5.74) is -0.936. The fourth-order valence-corrected chi connectivity index (χ4v) is 2.56. The van der Waals surface area contributed by atoms with E-state index in [0.717, 1.165) is 4.57 Å². The number of likely N-dealkylation sites (N-methyl/N-ethyl adjacent to an activating group) is 1. The minimum Gasteiger partial charge on any atom is -0.486 e. The molecular weight excluding hydrogens is 326 g/mol. The number of para-hydroxylation sites is 2. The average molecular weight is 345 g/mol. The first-order valence-corrected chi connectivity index (χ1v) is 7.84. The van der Waals surface area contributed by atoms with E-state index in [9.17, 15) is 14.4 Å². The first kappa shape index (κ1) is 16.8. The van der Waals surface area contributed by atoms with Gasteiger partial charge in [-0.05, 0) is 12.1 Å².